The lowest BCUT2D eigenvalue weighted by Crippen LogP contribution is -2.10. The van der Waals surface area contributed by atoms with Crippen LogP contribution >= 0.6 is 11.3 Å². The topological polar surface area (TPSA) is 41.9 Å². The molecule has 0 bridgehead atoms. The fraction of sp³-hybridized carbons (Fsp3) is 0. The van der Waals surface area contributed by atoms with Crippen LogP contribution in [0.15, 0.2) is 231 Å². The van der Waals surface area contributed by atoms with Gasteiger partial charge in [-0.2, -0.15) is 0 Å². The fourth-order valence-corrected chi connectivity index (χ4v) is 9.60. The lowest BCUT2D eigenvalue weighted by atomic mass is 10.0. The highest BCUT2D eigenvalue weighted by molar-refractivity contribution is 7.27. The number of anilines is 3. The normalized spacial score (nSPS) is 11.2. The molecule has 0 aliphatic rings. The molecule has 0 amide bonds. The highest BCUT2D eigenvalue weighted by Crippen LogP contribution is 2.47. The minimum absolute atomic E-state index is 0.641. The lowest BCUT2D eigenvalue weighted by Gasteiger charge is -2.27. The molecule has 0 unspecified atom stereocenters. The Morgan fingerprint density at radius 1 is 0.290 bits per heavy atom. The summed E-state index contributed by atoms with van der Waals surface area (Å²) in [5, 5.41) is 2.47. The van der Waals surface area contributed by atoms with Gasteiger partial charge in [0.1, 0.15) is 0 Å². The zero-order valence-electron chi connectivity index (χ0n) is 33.6. The lowest BCUT2D eigenvalue weighted by molar-refractivity contribution is 1.07. The van der Waals surface area contributed by atoms with E-state index in [0.29, 0.717) is 17.5 Å². The maximum absolute atomic E-state index is 4.97. The number of nitrogens with zero attached hydrogens (tertiary/aromatic N) is 4. The summed E-state index contributed by atoms with van der Waals surface area (Å²) < 4.78 is 2.48. The van der Waals surface area contributed by atoms with Crippen LogP contribution in [0.4, 0.5) is 17.1 Å². The maximum atomic E-state index is 4.97. The third-order valence-electron chi connectivity index (χ3n) is 11.3. The molecule has 5 heteroatoms. The van der Waals surface area contributed by atoms with Gasteiger partial charge >= 0.3 is 0 Å². The molecule has 0 fully saturated rings. The van der Waals surface area contributed by atoms with Crippen molar-refractivity contribution in [2.24, 2.45) is 0 Å². The van der Waals surface area contributed by atoms with Crippen LogP contribution in [-0.2, 0) is 0 Å². The molecule has 11 aromatic rings. The first-order chi connectivity index (χ1) is 30.7. The third-order valence-corrected chi connectivity index (χ3v) is 12.6. The average Bonchev–Trinajstić information content (AvgIpc) is 3.75. The summed E-state index contributed by atoms with van der Waals surface area (Å²) >= 11 is 1.85. The molecule has 0 spiro atoms. The first kappa shape index (κ1) is 37.0. The minimum atomic E-state index is 0.641. The van der Waals surface area contributed by atoms with Crippen LogP contribution in [0.5, 0.6) is 0 Å². The number of fused-ring (bicyclic) bond motifs is 3. The number of hydrogen-bond donors (Lipinski definition) is 0. The molecular formula is C57H38N4S. The van der Waals surface area contributed by atoms with Gasteiger partial charge < -0.3 is 4.90 Å². The molecule has 0 saturated heterocycles. The summed E-state index contributed by atoms with van der Waals surface area (Å²) in [4.78, 5) is 17.2. The quantitative estimate of drug-likeness (QED) is 0.146. The monoisotopic (exact) mass is 810 g/mol. The van der Waals surface area contributed by atoms with Crippen molar-refractivity contribution < 1.29 is 0 Å². The van der Waals surface area contributed by atoms with Crippen molar-refractivity contribution >= 4 is 48.6 Å². The summed E-state index contributed by atoms with van der Waals surface area (Å²) in [5.74, 6) is 1.94. The molecule has 0 aliphatic carbocycles. The molecule has 2 aromatic heterocycles. The Hall–Kier alpha value is -7.99. The van der Waals surface area contributed by atoms with Crippen molar-refractivity contribution in [3.05, 3.63) is 231 Å². The van der Waals surface area contributed by atoms with Crippen molar-refractivity contribution in [2.45, 2.75) is 0 Å². The molecule has 9 aromatic carbocycles. The smallest absolute Gasteiger partial charge is 0.164 e. The van der Waals surface area contributed by atoms with Crippen LogP contribution in [0.1, 0.15) is 0 Å². The molecule has 0 saturated carbocycles. The molecule has 62 heavy (non-hydrogen) atoms. The van der Waals surface area contributed by atoms with E-state index in [0.717, 1.165) is 39.3 Å². The van der Waals surface area contributed by atoms with Gasteiger partial charge in [-0.15, -0.1) is 11.3 Å². The molecule has 0 N–H and O–H groups in total. The van der Waals surface area contributed by atoms with Gasteiger partial charge in [-0.3, -0.25) is 0 Å². The highest BCUT2D eigenvalue weighted by Gasteiger charge is 2.20. The zero-order chi connectivity index (χ0) is 41.2. The third kappa shape index (κ3) is 7.11. The van der Waals surface area contributed by atoms with Crippen molar-refractivity contribution in [3.8, 4) is 67.5 Å². The van der Waals surface area contributed by atoms with E-state index < -0.39 is 0 Å². The molecule has 2 heterocycles. The Morgan fingerprint density at radius 3 is 1.29 bits per heavy atom. The highest BCUT2D eigenvalue weighted by atomic mass is 32.1. The number of aromatic nitrogens is 3. The second-order valence-corrected chi connectivity index (χ2v) is 16.2. The van der Waals surface area contributed by atoms with Gasteiger partial charge in [0, 0.05) is 43.5 Å². The van der Waals surface area contributed by atoms with E-state index in [4.69, 9.17) is 15.0 Å². The SMILES string of the molecule is c1ccc(-c2ccc(N(c3cccc(-c4ccccc4)c3)c3cccc4c3sc3c(-c5ccc(-c6nc(-c7ccccc7)nc(-c7ccccc7)n6)cc5)cccc34)cc2)cc1. The minimum Gasteiger partial charge on any atom is -0.309 e. The summed E-state index contributed by atoms with van der Waals surface area (Å²) in [6.07, 6.45) is 0. The molecule has 292 valence electrons. The molecular weight excluding hydrogens is 773 g/mol. The van der Waals surface area contributed by atoms with E-state index in [1.807, 2.05) is 72.0 Å². The molecule has 0 radical (unpaired) electrons. The predicted octanol–water partition coefficient (Wildman–Crippen LogP) is 15.7. The van der Waals surface area contributed by atoms with Gasteiger partial charge in [-0.05, 0) is 63.7 Å². The van der Waals surface area contributed by atoms with E-state index in [1.165, 1.54) is 48.0 Å². The second-order valence-electron chi connectivity index (χ2n) is 15.2. The Labute approximate surface area is 364 Å². The van der Waals surface area contributed by atoms with Gasteiger partial charge in [0.15, 0.2) is 17.5 Å². The van der Waals surface area contributed by atoms with Gasteiger partial charge in [0.2, 0.25) is 0 Å². The standard InChI is InChI=1S/C57H38N4S/c1-5-16-39(17-6-1)41-34-36-47(37-35-41)61(48-25-13-24-46(38-48)40-18-7-2-8-19-40)52-29-15-28-51-50-27-14-26-49(53(50)62-54(51)52)42-30-32-45(33-31-42)57-59-55(43-20-9-3-10-21-43)58-56(60-57)44-22-11-4-12-23-44/h1-38H. The van der Waals surface area contributed by atoms with Crippen LogP contribution in [0.2, 0.25) is 0 Å². The Kier molecular flexibility index (Phi) is 9.69. The van der Waals surface area contributed by atoms with Crippen LogP contribution < -0.4 is 4.90 Å². The van der Waals surface area contributed by atoms with Crippen molar-refractivity contribution in [3.63, 3.8) is 0 Å². The van der Waals surface area contributed by atoms with Gasteiger partial charge in [0.25, 0.3) is 0 Å². The molecule has 0 atom stereocenters. The first-order valence-electron chi connectivity index (χ1n) is 20.8. The summed E-state index contributed by atoms with van der Waals surface area (Å²) in [7, 11) is 0. The molecule has 0 aliphatic heterocycles. The summed E-state index contributed by atoms with van der Waals surface area (Å²) in [6, 6.07) is 81.3. The summed E-state index contributed by atoms with van der Waals surface area (Å²) in [6.45, 7) is 0. The molecule has 4 nitrogen and oxygen atoms in total. The zero-order valence-corrected chi connectivity index (χ0v) is 34.5. The second kappa shape index (κ2) is 16.2. The number of thiophene rings is 1. The average molecular weight is 811 g/mol. The van der Waals surface area contributed by atoms with E-state index in [9.17, 15) is 0 Å². The van der Waals surface area contributed by atoms with Gasteiger partial charge in [-0.25, -0.2) is 15.0 Å². The van der Waals surface area contributed by atoms with E-state index in [1.54, 1.807) is 0 Å². The largest absolute Gasteiger partial charge is 0.309 e. The van der Waals surface area contributed by atoms with Crippen molar-refractivity contribution in [2.75, 3.05) is 4.90 Å². The van der Waals surface area contributed by atoms with E-state index in [-0.39, 0.29) is 0 Å². The number of benzene rings is 9. The van der Waals surface area contributed by atoms with E-state index >= 15 is 0 Å². The van der Waals surface area contributed by atoms with Crippen molar-refractivity contribution in [1.82, 2.24) is 15.0 Å². The predicted molar refractivity (Wildman–Crippen MR) is 260 cm³/mol. The van der Waals surface area contributed by atoms with E-state index in [2.05, 4.69) is 175 Å². The van der Waals surface area contributed by atoms with Crippen LogP contribution in [0.25, 0.3) is 87.7 Å². The Bertz CT molecular complexity index is 3260. The van der Waals surface area contributed by atoms with Crippen LogP contribution in [-0.4, -0.2) is 15.0 Å². The summed E-state index contributed by atoms with van der Waals surface area (Å²) in [5.41, 5.74) is 13.3. The molecule has 11 rings (SSSR count). The Balaban J connectivity index is 1.01. The Morgan fingerprint density at radius 2 is 0.710 bits per heavy atom. The number of hydrogen-bond acceptors (Lipinski definition) is 5. The fourth-order valence-electron chi connectivity index (χ4n) is 8.26. The first-order valence-corrected chi connectivity index (χ1v) is 21.6. The van der Waals surface area contributed by atoms with Crippen molar-refractivity contribution in [1.29, 1.82) is 0 Å². The van der Waals surface area contributed by atoms with Crippen LogP contribution in [0, 0.1) is 0 Å². The maximum Gasteiger partial charge on any atom is 0.164 e. The van der Waals surface area contributed by atoms with Gasteiger partial charge in [0.05, 0.1) is 10.4 Å². The number of rotatable bonds is 9. The van der Waals surface area contributed by atoms with Gasteiger partial charge in [-0.1, -0.05) is 200 Å². The van der Waals surface area contributed by atoms with Crippen LogP contribution in [0.3, 0.4) is 0 Å².